The molecule has 2 N–H and O–H groups in total. The first-order chi connectivity index (χ1) is 9.16. The van der Waals surface area contributed by atoms with Crippen molar-refractivity contribution in [3.05, 3.63) is 30.0 Å². The molecule has 1 saturated heterocycles. The van der Waals surface area contributed by atoms with Crippen molar-refractivity contribution < 1.29 is 0 Å². The van der Waals surface area contributed by atoms with Gasteiger partial charge in [-0.05, 0) is 58.0 Å². The Labute approximate surface area is 115 Å². The van der Waals surface area contributed by atoms with Crippen LogP contribution in [0.25, 0.3) is 10.9 Å². The Morgan fingerprint density at radius 2 is 1.95 bits per heavy atom. The van der Waals surface area contributed by atoms with Crippen LogP contribution in [0.1, 0.15) is 38.4 Å². The molecule has 0 atom stereocenters. The third-order valence-corrected chi connectivity index (χ3v) is 4.10. The van der Waals surface area contributed by atoms with Crippen LogP contribution in [0.5, 0.6) is 0 Å². The normalized spacial score (nSPS) is 16.8. The van der Waals surface area contributed by atoms with Crippen molar-refractivity contribution in [2.24, 2.45) is 0 Å². The van der Waals surface area contributed by atoms with Crippen molar-refractivity contribution in [3.8, 4) is 0 Å². The molecule has 3 nitrogen and oxygen atoms in total. The van der Waals surface area contributed by atoms with Crippen LogP contribution in [0, 0.1) is 0 Å². The lowest BCUT2D eigenvalue weighted by atomic mass is 10.2. The Morgan fingerprint density at radius 1 is 1.21 bits per heavy atom. The van der Waals surface area contributed by atoms with E-state index in [0.717, 1.165) is 12.2 Å². The third-order valence-electron chi connectivity index (χ3n) is 4.10. The number of anilines is 1. The van der Waals surface area contributed by atoms with Gasteiger partial charge in [0.1, 0.15) is 0 Å². The van der Waals surface area contributed by atoms with Gasteiger partial charge in [0, 0.05) is 29.4 Å². The molecule has 0 radical (unpaired) electrons. The molecule has 1 fully saturated rings. The highest BCUT2D eigenvalue weighted by molar-refractivity contribution is 5.92. The number of nitrogens with zero attached hydrogens (tertiary/aromatic N) is 2. The molecule has 3 heteroatoms. The average molecular weight is 257 g/mol. The second kappa shape index (κ2) is 4.89. The van der Waals surface area contributed by atoms with Gasteiger partial charge in [0.25, 0.3) is 0 Å². The lowest BCUT2D eigenvalue weighted by Gasteiger charge is -2.19. The summed E-state index contributed by atoms with van der Waals surface area (Å²) in [5.41, 5.74) is 9.67. The molecule has 0 saturated carbocycles. The smallest absolute Gasteiger partial charge is 0.0506 e. The molecule has 0 spiro atoms. The molecule has 1 aliphatic heterocycles. The van der Waals surface area contributed by atoms with Crippen LogP contribution in [0.15, 0.2) is 24.3 Å². The molecule has 2 heterocycles. The van der Waals surface area contributed by atoms with Gasteiger partial charge in [-0.15, -0.1) is 0 Å². The van der Waals surface area contributed by atoms with Crippen molar-refractivity contribution in [1.29, 1.82) is 0 Å². The zero-order chi connectivity index (χ0) is 13.4. The molecular formula is C16H23N3. The lowest BCUT2D eigenvalue weighted by molar-refractivity contribution is 0.319. The fourth-order valence-electron chi connectivity index (χ4n) is 3.23. The van der Waals surface area contributed by atoms with Crippen molar-refractivity contribution in [3.63, 3.8) is 0 Å². The molecule has 0 bridgehead atoms. The Kier molecular flexibility index (Phi) is 3.23. The number of hydrogen-bond acceptors (Lipinski definition) is 2. The van der Waals surface area contributed by atoms with Gasteiger partial charge in [-0.3, -0.25) is 4.90 Å². The maximum absolute atomic E-state index is 6.12. The topological polar surface area (TPSA) is 34.2 Å². The summed E-state index contributed by atoms with van der Waals surface area (Å²) in [6, 6.07) is 8.97. The number of likely N-dealkylation sites (tertiary alicyclic amines) is 1. The number of fused-ring (bicyclic) bond motifs is 1. The number of aromatic nitrogens is 1. The standard InChI is InChI=1S/C16H23N3/c1-12(2)19-13(11-18-8-3-4-9-18)10-14-15(17)6-5-7-16(14)19/h5-7,10,12H,3-4,8-9,11,17H2,1-2H3. The summed E-state index contributed by atoms with van der Waals surface area (Å²) in [6.45, 7) is 8.00. The Bertz CT molecular complexity index is 577. The van der Waals surface area contributed by atoms with E-state index in [9.17, 15) is 0 Å². The van der Waals surface area contributed by atoms with Crippen LogP contribution in [0.4, 0.5) is 5.69 Å². The predicted octanol–water partition coefficient (Wildman–Crippen LogP) is 3.40. The molecule has 19 heavy (non-hydrogen) atoms. The largest absolute Gasteiger partial charge is 0.398 e. The van der Waals surface area contributed by atoms with E-state index in [0.29, 0.717) is 6.04 Å². The van der Waals surface area contributed by atoms with Crippen LogP contribution in [-0.4, -0.2) is 22.6 Å². The van der Waals surface area contributed by atoms with Crippen LogP contribution in [0.2, 0.25) is 0 Å². The molecule has 3 rings (SSSR count). The average Bonchev–Trinajstić information content (AvgIpc) is 2.97. The van der Waals surface area contributed by atoms with Gasteiger partial charge < -0.3 is 10.3 Å². The molecule has 102 valence electrons. The molecule has 1 aromatic heterocycles. The highest BCUT2D eigenvalue weighted by Crippen LogP contribution is 2.29. The monoisotopic (exact) mass is 257 g/mol. The van der Waals surface area contributed by atoms with Crippen molar-refractivity contribution in [2.75, 3.05) is 18.8 Å². The third kappa shape index (κ3) is 2.23. The maximum atomic E-state index is 6.12. The first-order valence-electron chi connectivity index (χ1n) is 7.27. The Balaban J connectivity index is 2.06. The quantitative estimate of drug-likeness (QED) is 0.855. The number of benzene rings is 1. The molecule has 1 aliphatic rings. The van der Waals surface area contributed by atoms with Crippen LogP contribution >= 0.6 is 0 Å². The van der Waals surface area contributed by atoms with Crippen LogP contribution < -0.4 is 5.73 Å². The summed E-state index contributed by atoms with van der Waals surface area (Å²) in [5.74, 6) is 0. The highest BCUT2D eigenvalue weighted by Gasteiger charge is 2.17. The summed E-state index contributed by atoms with van der Waals surface area (Å²) in [5, 5.41) is 1.20. The van der Waals surface area contributed by atoms with Gasteiger partial charge in [0.2, 0.25) is 0 Å². The van der Waals surface area contributed by atoms with E-state index < -0.39 is 0 Å². The summed E-state index contributed by atoms with van der Waals surface area (Å²) >= 11 is 0. The van der Waals surface area contributed by atoms with E-state index in [4.69, 9.17) is 5.73 Å². The lowest BCUT2D eigenvalue weighted by Crippen LogP contribution is -2.21. The first-order valence-corrected chi connectivity index (χ1v) is 7.27. The van der Waals surface area contributed by atoms with Crippen molar-refractivity contribution in [1.82, 2.24) is 9.47 Å². The number of nitrogens with two attached hydrogens (primary N) is 1. The maximum Gasteiger partial charge on any atom is 0.0506 e. The van der Waals surface area contributed by atoms with E-state index in [2.05, 4.69) is 41.5 Å². The second-order valence-electron chi connectivity index (χ2n) is 5.86. The fourth-order valence-corrected chi connectivity index (χ4v) is 3.23. The SMILES string of the molecule is CC(C)n1c(CN2CCCC2)cc2c(N)cccc21. The van der Waals surface area contributed by atoms with E-state index in [-0.39, 0.29) is 0 Å². The number of rotatable bonds is 3. The Hall–Kier alpha value is -1.48. The molecule has 0 unspecified atom stereocenters. The zero-order valence-corrected chi connectivity index (χ0v) is 11.9. The molecule has 0 amide bonds. The minimum Gasteiger partial charge on any atom is -0.398 e. The summed E-state index contributed by atoms with van der Waals surface area (Å²) < 4.78 is 2.43. The van der Waals surface area contributed by atoms with Gasteiger partial charge >= 0.3 is 0 Å². The summed E-state index contributed by atoms with van der Waals surface area (Å²) in [4.78, 5) is 2.54. The second-order valence-corrected chi connectivity index (χ2v) is 5.86. The van der Waals surface area contributed by atoms with Gasteiger partial charge in [-0.1, -0.05) is 6.07 Å². The van der Waals surface area contributed by atoms with Crippen LogP contribution in [0.3, 0.4) is 0 Å². The van der Waals surface area contributed by atoms with E-state index in [1.807, 2.05) is 6.07 Å². The fraction of sp³-hybridized carbons (Fsp3) is 0.500. The van der Waals surface area contributed by atoms with Gasteiger partial charge in [0.15, 0.2) is 0 Å². The summed E-state index contributed by atoms with van der Waals surface area (Å²) in [7, 11) is 0. The molecule has 0 aliphatic carbocycles. The number of hydrogen-bond donors (Lipinski definition) is 1. The van der Waals surface area contributed by atoms with E-state index in [1.165, 1.54) is 42.5 Å². The van der Waals surface area contributed by atoms with Gasteiger partial charge in [-0.2, -0.15) is 0 Å². The van der Waals surface area contributed by atoms with Crippen LogP contribution in [-0.2, 0) is 6.54 Å². The van der Waals surface area contributed by atoms with E-state index in [1.54, 1.807) is 0 Å². The number of nitrogen functional groups attached to an aromatic ring is 1. The molecule has 2 aromatic rings. The highest BCUT2D eigenvalue weighted by atomic mass is 15.2. The van der Waals surface area contributed by atoms with Gasteiger partial charge in [-0.25, -0.2) is 0 Å². The van der Waals surface area contributed by atoms with Gasteiger partial charge in [0.05, 0.1) is 5.52 Å². The minimum absolute atomic E-state index is 0.469. The molecule has 1 aromatic carbocycles. The predicted molar refractivity (Wildman–Crippen MR) is 81.2 cm³/mol. The first kappa shape index (κ1) is 12.5. The zero-order valence-electron chi connectivity index (χ0n) is 11.9. The molecular weight excluding hydrogens is 234 g/mol. The van der Waals surface area contributed by atoms with Crippen molar-refractivity contribution >= 4 is 16.6 Å². The Morgan fingerprint density at radius 3 is 2.63 bits per heavy atom. The summed E-state index contributed by atoms with van der Waals surface area (Å²) in [6.07, 6.45) is 2.67. The van der Waals surface area contributed by atoms with E-state index >= 15 is 0 Å². The minimum atomic E-state index is 0.469. The van der Waals surface area contributed by atoms with Crippen molar-refractivity contribution in [2.45, 2.75) is 39.3 Å².